The smallest absolute Gasteiger partial charge is 0.191 e. The molecule has 1 heterocycles. The van der Waals surface area contributed by atoms with Gasteiger partial charge in [0, 0.05) is 37.6 Å². The first kappa shape index (κ1) is 17.4. The molecular formula is C15H20BrFN6. The number of aromatic nitrogens is 3. The van der Waals surface area contributed by atoms with Crippen molar-refractivity contribution in [2.24, 2.45) is 4.99 Å². The Bertz CT molecular complexity index is 649. The monoisotopic (exact) mass is 382 g/mol. The highest BCUT2D eigenvalue weighted by molar-refractivity contribution is 9.10. The van der Waals surface area contributed by atoms with Crippen LogP contribution < -0.4 is 10.6 Å². The van der Waals surface area contributed by atoms with Gasteiger partial charge in [0.25, 0.3) is 0 Å². The van der Waals surface area contributed by atoms with Crippen molar-refractivity contribution in [1.82, 2.24) is 25.4 Å². The Morgan fingerprint density at radius 1 is 1.35 bits per heavy atom. The number of benzene rings is 1. The third-order valence-corrected chi connectivity index (χ3v) is 3.72. The quantitative estimate of drug-likeness (QED) is 0.592. The van der Waals surface area contributed by atoms with Gasteiger partial charge in [-0.3, -0.25) is 4.99 Å². The maximum Gasteiger partial charge on any atom is 0.191 e. The van der Waals surface area contributed by atoms with Gasteiger partial charge in [0.1, 0.15) is 18.0 Å². The van der Waals surface area contributed by atoms with Gasteiger partial charge in [-0.25, -0.2) is 4.39 Å². The minimum absolute atomic E-state index is 0.265. The van der Waals surface area contributed by atoms with Crippen LogP contribution in [0.5, 0.6) is 0 Å². The van der Waals surface area contributed by atoms with Crippen LogP contribution in [-0.2, 0) is 19.5 Å². The molecule has 0 saturated carbocycles. The van der Waals surface area contributed by atoms with E-state index in [1.165, 1.54) is 12.1 Å². The maximum atomic E-state index is 13.3. The van der Waals surface area contributed by atoms with E-state index in [0.717, 1.165) is 28.8 Å². The SMILES string of the molecule is CCc1nncn1CCNC(=NC)NCc1cc(F)cc(Br)c1. The largest absolute Gasteiger partial charge is 0.355 e. The van der Waals surface area contributed by atoms with Gasteiger partial charge in [-0.15, -0.1) is 10.2 Å². The summed E-state index contributed by atoms with van der Waals surface area (Å²) in [6.07, 6.45) is 2.57. The van der Waals surface area contributed by atoms with Crippen LogP contribution in [0.3, 0.4) is 0 Å². The molecular weight excluding hydrogens is 363 g/mol. The number of nitrogens with zero attached hydrogens (tertiary/aromatic N) is 4. The van der Waals surface area contributed by atoms with Crippen molar-refractivity contribution in [3.8, 4) is 0 Å². The predicted molar refractivity (Wildman–Crippen MR) is 91.7 cm³/mol. The lowest BCUT2D eigenvalue weighted by Crippen LogP contribution is -2.38. The summed E-state index contributed by atoms with van der Waals surface area (Å²) in [5.41, 5.74) is 0.840. The van der Waals surface area contributed by atoms with Crippen LogP contribution in [0.15, 0.2) is 34.0 Å². The van der Waals surface area contributed by atoms with E-state index in [1.54, 1.807) is 13.4 Å². The Balaban J connectivity index is 1.81. The van der Waals surface area contributed by atoms with E-state index >= 15 is 0 Å². The molecule has 23 heavy (non-hydrogen) atoms. The Labute approximate surface area is 143 Å². The summed E-state index contributed by atoms with van der Waals surface area (Å²) >= 11 is 3.29. The molecule has 0 atom stereocenters. The molecule has 0 radical (unpaired) electrons. The average Bonchev–Trinajstić information content (AvgIpc) is 2.97. The number of halogens is 2. The first-order chi connectivity index (χ1) is 11.1. The molecule has 0 aliphatic heterocycles. The van der Waals surface area contributed by atoms with E-state index in [9.17, 15) is 4.39 Å². The zero-order valence-electron chi connectivity index (χ0n) is 13.2. The lowest BCUT2D eigenvalue weighted by Gasteiger charge is -2.13. The van der Waals surface area contributed by atoms with E-state index in [0.29, 0.717) is 19.0 Å². The maximum absolute atomic E-state index is 13.3. The number of guanidine groups is 1. The first-order valence-corrected chi connectivity index (χ1v) is 8.17. The molecule has 124 valence electrons. The molecule has 1 aromatic carbocycles. The molecule has 0 fully saturated rings. The Hall–Kier alpha value is -1.96. The molecule has 0 spiro atoms. The molecule has 0 aliphatic carbocycles. The van der Waals surface area contributed by atoms with Crippen molar-refractivity contribution in [2.75, 3.05) is 13.6 Å². The van der Waals surface area contributed by atoms with E-state index in [-0.39, 0.29) is 5.82 Å². The molecule has 2 aromatic rings. The van der Waals surface area contributed by atoms with Crippen molar-refractivity contribution in [3.63, 3.8) is 0 Å². The summed E-state index contributed by atoms with van der Waals surface area (Å²) in [6, 6.07) is 4.80. The highest BCUT2D eigenvalue weighted by Gasteiger charge is 2.03. The van der Waals surface area contributed by atoms with E-state index in [2.05, 4.69) is 41.8 Å². The number of aryl methyl sites for hydroxylation is 1. The zero-order valence-corrected chi connectivity index (χ0v) is 14.8. The van der Waals surface area contributed by atoms with Gasteiger partial charge in [0.05, 0.1) is 0 Å². The van der Waals surface area contributed by atoms with Crippen molar-refractivity contribution < 1.29 is 4.39 Å². The number of rotatable bonds is 6. The normalized spacial score (nSPS) is 11.6. The highest BCUT2D eigenvalue weighted by atomic mass is 79.9. The molecule has 0 unspecified atom stereocenters. The summed E-state index contributed by atoms with van der Waals surface area (Å²) in [5.74, 6) is 1.36. The Morgan fingerprint density at radius 3 is 2.87 bits per heavy atom. The van der Waals surface area contributed by atoms with E-state index in [1.807, 2.05) is 17.6 Å². The van der Waals surface area contributed by atoms with Crippen molar-refractivity contribution in [2.45, 2.75) is 26.4 Å². The van der Waals surface area contributed by atoms with Crippen molar-refractivity contribution >= 4 is 21.9 Å². The predicted octanol–water partition coefficient (Wildman–Crippen LogP) is 2.11. The van der Waals surface area contributed by atoms with Crippen LogP contribution in [0.1, 0.15) is 18.3 Å². The molecule has 6 nitrogen and oxygen atoms in total. The minimum atomic E-state index is -0.265. The second-order valence-electron chi connectivity index (χ2n) is 4.92. The fourth-order valence-electron chi connectivity index (χ4n) is 2.15. The molecule has 0 amide bonds. The summed E-state index contributed by atoms with van der Waals surface area (Å²) in [4.78, 5) is 4.16. The van der Waals surface area contributed by atoms with Crippen LogP contribution in [0.25, 0.3) is 0 Å². The number of hydrogen-bond acceptors (Lipinski definition) is 3. The van der Waals surface area contributed by atoms with Gasteiger partial charge in [0.2, 0.25) is 0 Å². The molecule has 0 aliphatic rings. The Morgan fingerprint density at radius 2 is 2.17 bits per heavy atom. The van der Waals surface area contributed by atoms with Gasteiger partial charge in [-0.1, -0.05) is 22.9 Å². The molecule has 0 saturated heterocycles. The van der Waals surface area contributed by atoms with Gasteiger partial charge in [0.15, 0.2) is 5.96 Å². The summed E-state index contributed by atoms with van der Waals surface area (Å²) < 4.78 is 16.1. The highest BCUT2D eigenvalue weighted by Crippen LogP contribution is 2.14. The van der Waals surface area contributed by atoms with Crippen LogP contribution in [0.4, 0.5) is 4.39 Å². The standard InChI is InChI=1S/C15H20BrFN6/c1-3-14-22-21-10-23(14)5-4-19-15(18-2)20-9-11-6-12(16)8-13(17)7-11/h6-8,10H,3-5,9H2,1-2H3,(H2,18,19,20). The second-order valence-corrected chi connectivity index (χ2v) is 5.84. The molecule has 0 bridgehead atoms. The van der Waals surface area contributed by atoms with Crippen LogP contribution in [0, 0.1) is 5.82 Å². The number of nitrogens with one attached hydrogen (secondary N) is 2. The third-order valence-electron chi connectivity index (χ3n) is 3.26. The third kappa shape index (κ3) is 5.31. The number of aliphatic imine (C=N–C) groups is 1. The minimum Gasteiger partial charge on any atom is -0.355 e. The topological polar surface area (TPSA) is 67.1 Å². The summed E-state index contributed by atoms with van der Waals surface area (Å²) in [5, 5.41) is 14.3. The fourth-order valence-corrected chi connectivity index (χ4v) is 2.67. The van der Waals surface area contributed by atoms with Gasteiger partial charge < -0.3 is 15.2 Å². The van der Waals surface area contributed by atoms with Crippen LogP contribution in [-0.4, -0.2) is 34.3 Å². The van der Waals surface area contributed by atoms with Gasteiger partial charge >= 0.3 is 0 Å². The first-order valence-electron chi connectivity index (χ1n) is 7.38. The molecule has 2 N–H and O–H groups in total. The summed E-state index contributed by atoms with van der Waals surface area (Å²) in [7, 11) is 1.70. The average molecular weight is 383 g/mol. The van der Waals surface area contributed by atoms with Crippen LogP contribution in [0.2, 0.25) is 0 Å². The van der Waals surface area contributed by atoms with Crippen molar-refractivity contribution in [1.29, 1.82) is 0 Å². The molecule has 2 rings (SSSR count). The van der Waals surface area contributed by atoms with E-state index in [4.69, 9.17) is 0 Å². The van der Waals surface area contributed by atoms with Gasteiger partial charge in [-0.2, -0.15) is 0 Å². The van der Waals surface area contributed by atoms with Gasteiger partial charge in [-0.05, 0) is 23.8 Å². The summed E-state index contributed by atoms with van der Waals surface area (Å²) in [6.45, 7) is 3.98. The second kappa shape index (κ2) is 8.61. The lowest BCUT2D eigenvalue weighted by molar-refractivity contribution is 0.621. The van der Waals surface area contributed by atoms with Crippen LogP contribution >= 0.6 is 15.9 Å². The molecule has 1 aromatic heterocycles. The van der Waals surface area contributed by atoms with E-state index < -0.39 is 0 Å². The zero-order chi connectivity index (χ0) is 16.7. The number of hydrogen-bond donors (Lipinski definition) is 2. The Kier molecular flexibility index (Phi) is 6.52. The fraction of sp³-hybridized carbons (Fsp3) is 0.400. The van der Waals surface area contributed by atoms with Crippen molar-refractivity contribution in [3.05, 3.63) is 46.2 Å². The molecule has 8 heteroatoms. The lowest BCUT2D eigenvalue weighted by atomic mass is 10.2.